The fourth-order valence-corrected chi connectivity index (χ4v) is 3.86. The number of aromatic amines is 1. The Morgan fingerprint density at radius 3 is 2.79 bits per heavy atom. The van der Waals surface area contributed by atoms with E-state index in [0.29, 0.717) is 31.1 Å². The minimum absolute atomic E-state index is 0.189. The number of aryl methyl sites for hydroxylation is 2. The minimum Gasteiger partial charge on any atom is -0.478 e. The fraction of sp³-hybridized carbons (Fsp3) is 0.450. The number of methoxy groups -OCH3 is 1. The topological polar surface area (TPSA) is 108 Å². The van der Waals surface area contributed by atoms with Crippen LogP contribution in [-0.4, -0.2) is 59.3 Å². The maximum Gasteiger partial charge on any atom is 0.335 e. The van der Waals surface area contributed by atoms with Crippen molar-refractivity contribution in [2.24, 2.45) is 0 Å². The molecule has 0 saturated carbocycles. The molecule has 1 aromatic carbocycles. The summed E-state index contributed by atoms with van der Waals surface area (Å²) in [7, 11) is 1.60. The molecule has 29 heavy (non-hydrogen) atoms. The molecule has 2 aromatic rings. The number of benzene rings is 1. The number of anilines is 1. The highest BCUT2D eigenvalue weighted by Gasteiger charge is 2.32. The maximum atomic E-state index is 12.6. The van der Waals surface area contributed by atoms with Crippen LogP contribution in [0.15, 0.2) is 18.2 Å². The molecule has 3 rings (SSSR count). The Hall–Kier alpha value is -2.58. The molecule has 2 atom stereocenters. The van der Waals surface area contributed by atoms with Crippen LogP contribution in [0, 0.1) is 6.92 Å². The first kappa shape index (κ1) is 21.1. The summed E-state index contributed by atoms with van der Waals surface area (Å²) in [6.07, 6.45) is 1.06. The van der Waals surface area contributed by atoms with E-state index in [1.165, 1.54) is 0 Å². The van der Waals surface area contributed by atoms with Crippen LogP contribution >= 0.6 is 11.6 Å². The van der Waals surface area contributed by atoms with Crippen LogP contribution in [0.1, 0.15) is 45.6 Å². The summed E-state index contributed by atoms with van der Waals surface area (Å²) in [6, 6.07) is 5.07. The Morgan fingerprint density at radius 1 is 1.41 bits per heavy atom. The number of amides is 1. The van der Waals surface area contributed by atoms with E-state index in [4.69, 9.17) is 16.3 Å². The number of carboxylic acid groups (broad SMARTS) is 1. The lowest BCUT2D eigenvalue weighted by Gasteiger charge is -2.39. The van der Waals surface area contributed by atoms with Gasteiger partial charge >= 0.3 is 5.97 Å². The van der Waals surface area contributed by atoms with Gasteiger partial charge in [-0.25, -0.2) is 9.78 Å². The van der Waals surface area contributed by atoms with Gasteiger partial charge in [-0.2, -0.15) is 0 Å². The number of H-pyrrole nitrogens is 1. The third kappa shape index (κ3) is 4.71. The largest absolute Gasteiger partial charge is 0.478 e. The van der Waals surface area contributed by atoms with E-state index >= 15 is 0 Å². The van der Waals surface area contributed by atoms with Gasteiger partial charge in [0, 0.05) is 25.9 Å². The number of hydrogen-bond donors (Lipinski definition) is 3. The Bertz CT molecular complexity index is 914. The zero-order chi connectivity index (χ0) is 21.1. The van der Waals surface area contributed by atoms with Crippen LogP contribution in [0.3, 0.4) is 0 Å². The van der Waals surface area contributed by atoms with Crippen molar-refractivity contribution in [3.05, 3.63) is 46.0 Å². The number of aromatic carboxylic acids is 1. The van der Waals surface area contributed by atoms with Crippen molar-refractivity contribution in [1.29, 1.82) is 0 Å². The molecule has 8 nitrogen and oxygen atoms in total. The summed E-state index contributed by atoms with van der Waals surface area (Å²) < 4.78 is 5.62. The molecule has 0 aliphatic carbocycles. The second-order valence-electron chi connectivity index (χ2n) is 7.16. The van der Waals surface area contributed by atoms with E-state index < -0.39 is 5.97 Å². The number of ether oxygens (including phenoxy) is 1. The van der Waals surface area contributed by atoms with Crippen LogP contribution < -0.4 is 10.2 Å². The third-order valence-electron chi connectivity index (χ3n) is 5.15. The third-order valence-corrected chi connectivity index (χ3v) is 5.46. The van der Waals surface area contributed by atoms with E-state index in [1.54, 1.807) is 19.2 Å². The first-order chi connectivity index (χ1) is 13.8. The lowest BCUT2D eigenvalue weighted by Crippen LogP contribution is -2.55. The minimum atomic E-state index is -0.955. The Kier molecular flexibility index (Phi) is 6.44. The van der Waals surface area contributed by atoms with Crippen molar-refractivity contribution >= 4 is 29.2 Å². The summed E-state index contributed by atoms with van der Waals surface area (Å²) in [6.45, 7) is 4.99. The van der Waals surface area contributed by atoms with Crippen molar-refractivity contribution in [2.75, 3.05) is 25.1 Å². The van der Waals surface area contributed by atoms with E-state index in [2.05, 4.69) is 20.2 Å². The number of hydrogen-bond acceptors (Lipinski definition) is 5. The fourth-order valence-electron chi connectivity index (χ4n) is 3.59. The van der Waals surface area contributed by atoms with Crippen molar-refractivity contribution in [3.63, 3.8) is 0 Å². The van der Waals surface area contributed by atoms with Crippen molar-refractivity contribution < 1.29 is 19.4 Å². The molecule has 1 amide bonds. The first-order valence-corrected chi connectivity index (χ1v) is 9.88. The number of aromatic nitrogens is 2. The van der Waals surface area contributed by atoms with Crippen molar-refractivity contribution in [3.8, 4) is 0 Å². The number of carbonyl (C=O) groups is 2. The predicted molar refractivity (Wildman–Crippen MR) is 110 cm³/mol. The molecule has 3 N–H and O–H groups in total. The highest BCUT2D eigenvalue weighted by molar-refractivity contribution is 6.30. The van der Waals surface area contributed by atoms with Gasteiger partial charge in [0.05, 0.1) is 23.4 Å². The van der Waals surface area contributed by atoms with Gasteiger partial charge in [0.25, 0.3) is 5.91 Å². The molecule has 156 valence electrons. The molecule has 2 unspecified atom stereocenters. The van der Waals surface area contributed by atoms with Crippen LogP contribution in [0.4, 0.5) is 5.69 Å². The number of nitrogens with one attached hydrogen (secondary N) is 2. The van der Waals surface area contributed by atoms with E-state index in [-0.39, 0.29) is 29.4 Å². The zero-order valence-corrected chi connectivity index (χ0v) is 17.4. The number of imidazole rings is 1. The average Bonchev–Trinajstić information content (AvgIpc) is 3.08. The number of rotatable bonds is 6. The molecule has 0 bridgehead atoms. The Balaban J connectivity index is 1.71. The van der Waals surface area contributed by atoms with E-state index in [1.807, 2.05) is 19.9 Å². The molecule has 1 saturated heterocycles. The number of halogens is 1. The molecule has 1 fully saturated rings. The summed E-state index contributed by atoms with van der Waals surface area (Å²) in [5, 5.41) is 12.6. The van der Waals surface area contributed by atoms with Gasteiger partial charge in [0.15, 0.2) is 11.0 Å². The standard InChI is InChI=1S/C20H25ClN4O4/c1-4-14-17(21)24-18(22-14)19(26)23-15-5-6-25(10-16(15)29-3)13-8-11(2)7-12(9-13)20(27)28/h7-9,15-16H,4-6,10H2,1-3H3,(H,22,24)(H,23,26)(H,27,28). The first-order valence-electron chi connectivity index (χ1n) is 9.50. The molecular formula is C20H25ClN4O4. The summed E-state index contributed by atoms with van der Waals surface area (Å²) in [4.78, 5) is 33.0. The lowest BCUT2D eigenvalue weighted by molar-refractivity contribution is 0.0538. The summed E-state index contributed by atoms with van der Waals surface area (Å²) in [5.41, 5.74) is 2.69. The second kappa shape index (κ2) is 8.84. The van der Waals surface area contributed by atoms with Gasteiger partial charge in [0.2, 0.25) is 0 Å². The number of piperidine rings is 1. The quantitative estimate of drug-likeness (QED) is 0.663. The number of nitrogens with zero attached hydrogens (tertiary/aromatic N) is 2. The SMILES string of the molecule is CCc1[nH]c(C(=O)NC2CCN(c3cc(C)cc(C(=O)O)c3)CC2OC)nc1Cl. The highest BCUT2D eigenvalue weighted by atomic mass is 35.5. The van der Waals surface area contributed by atoms with Gasteiger partial charge in [-0.3, -0.25) is 4.79 Å². The van der Waals surface area contributed by atoms with Crippen LogP contribution in [0.2, 0.25) is 5.15 Å². The molecule has 0 radical (unpaired) electrons. The predicted octanol–water partition coefficient (Wildman–Crippen LogP) is 2.66. The normalized spacial score (nSPS) is 19.2. The number of carboxylic acids is 1. The van der Waals surface area contributed by atoms with Crippen LogP contribution in [-0.2, 0) is 11.2 Å². The molecule has 2 heterocycles. The maximum absolute atomic E-state index is 12.6. The van der Waals surface area contributed by atoms with E-state index in [0.717, 1.165) is 16.9 Å². The van der Waals surface area contributed by atoms with Crippen molar-refractivity contribution in [1.82, 2.24) is 15.3 Å². The monoisotopic (exact) mass is 420 g/mol. The molecule has 9 heteroatoms. The average molecular weight is 421 g/mol. The molecule has 0 spiro atoms. The van der Waals surface area contributed by atoms with Crippen LogP contribution in [0.5, 0.6) is 0 Å². The Labute approximate surface area is 174 Å². The van der Waals surface area contributed by atoms with E-state index in [9.17, 15) is 14.7 Å². The van der Waals surface area contributed by atoms with Gasteiger partial charge < -0.3 is 25.0 Å². The lowest BCUT2D eigenvalue weighted by atomic mass is 10.00. The molecule has 1 aliphatic heterocycles. The summed E-state index contributed by atoms with van der Waals surface area (Å²) >= 11 is 6.03. The van der Waals surface area contributed by atoms with Crippen LogP contribution in [0.25, 0.3) is 0 Å². The van der Waals surface area contributed by atoms with Gasteiger partial charge in [-0.15, -0.1) is 0 Å². The second-order valence-corrected chi connectivity index (χ2v) is 7.52. The van der Waals surface area contributed by atoms with Gasteiger partial charge in [-0.05, 0) is 43.5 Å². The Morgan fingerprint density at radius 2 is 2.17 bits per heavy atom. The number of carbonyl (C=O) groups excluding carboxylic acids is 1. The molecule has 1 aromatic heterocycles. The van der Waals surface area contributed by atoms with Gasteiger partial charge in [0.1, 0.15) is 0 Å². The van der Waals surface area contributed by atoms with Gasteiger partial charge in [-0.1, -0.05) is 18.5 Å². The van der Waals surface area contributed by atoms with Crippen molar-refractivity contribution in [2.45, 2.75) is 38.8 Å². The molecule has 1 aliphatic rings. The highest BCUT2D eigenvalue weighted by Crippen LogP contribution is 2.24. The smallest absolute Gasteiger partial charge is 0.335 e. The molecular weight excluding hydrogens is 396 g/mol. The zero-order valence-electron chi connectivity index (χ0n) is 16.7. The summed E-state index contributed by atoms with van der Waals surface area (Å²) in [5.74, 6) is -1.09.